The van der Waals surface area contributed by atoms with Gasteiger partial charge in [0.05, 0.1) is 6.61 Å². The van der Waals surface area contributed by atoms with Crippen LogP contribution in [0.2, 0.25) is 0 Å². The fourth-order valence-corrected chi connectivity index (χ4v) is 2.13. The van der Waals surface area contributed by atoms with Crippen molar-refractivity contribution in [2.24, 2.45) is 0 Å². The van der Waals surface area contributed by atoms with Crippen LogP contribution in [-0.4, -0.2) is 52.0 Å². The van der Waals surface area contributed by atoms with Crippen molar-refractivity contribution >= 4 is 12.0 Å². The van der Waals surface area contributed by atoms with Gasteiger partial charge >= 0.3 is 12.0 Å². The molecule has 7 nitrogen and oxygen atoms in total. The van der Waals surface area contributed by atoms with E-state index >= 15 is 0 Å². The minimum Gasteiger partial charge on any atom is -0.480 e. The summed E-state index contributed by atoms with van der Waals surface area (Å²) >= 11 is 0. The summed E-state index contributed by atoms with van der Waals surface area (Å²) in [7, 11) is 0. The minimum absolute atomic E-state index is 0.219. The number of carboxylic acids is 1. The van der Waals surface area contributed by atoms with Crippen LogP contribution in [0.15, 0.2) is 0 Å². The lowest BCUT2D eigenvalue weighted by atomic mass is 10.00. The van der Waals surface area contributed by atoms with Gasteiger partial charge in [-0.15, -0.1) is 0 Å². The fourth-order valence-electron chi connectivity index (χ4n) is 2.13. The Kier molecular flexibility index (Phi) is 5.36. The Hall–Kier alpha value is -1.34. The van der Waals surface area contributed by atoms with E-state index in [2.05, 4.69) is 10.7 Å². The summed E-state index contributed by atoms with van der Waals surface area (Å²) < 4.78 is 0. The molecule has 0 bridgehead atoms. The van der Waals surface area contributed by atoms with Gasteiger partial charge in [0.25, 0.3) is 0 Å². The summed E-state index contributed by atoms with van der Waals surface area (Å²) in [5, 5.41) is 21.6. The van der Waals surface area contributed by atoms with Gasteiger partial charge in [0.1, 0.15) is 0 Å². The first-order chi connectivity index (χ1) is 8.45. The van der Waals surface area contributed by atoms with Crippen LogP contribution in [0.3, 0.4) is 0 Å². The van der Waals surface area contributed by atoms with Gasteiger partial charge in [-0.3, -0.25) is 5.43 Å². The van der Waals surface area contributed by atoms with Gasteiger partial charge in [0.15, 0.2) is 6.04 Å². The molecule has 3 atom stereocenters. The van der Waals surface area contributed by atoms with Crippen LogP contribution >= 0.6 is 0 Å². The molecule has 1 aliphatic heterocycles. The molecule has 0 aromatic rings. The molecule has 1 fully saturated rings. The third-order valence-corrected chi connectivity index (χ3v) is 3.21. The number of piperidine rings is 1. The van der Waals surface area contributed by atoms with E-state index in [9.17, 15) is 9.59 Å². The Morgan fingerprint density at radius 2 is 1.89 bits per heavy atom. The lowest BCUT2D eigenvalue weighted by Gasteiger charge is -2.38. The Morgan fingerprint density at radius 3 is 2.33 bits per heavy atom. The maximum absolute atomic E-state index is 11.6. The SMILES string of the molecule is CC1CCCC(C)N1NC(=O)NC(CO)C(=O)O. The standard InChI is InChI=1S/C11H21N3O4/c1-7-4-3-5-8(2)14(7)13-11(18)12-9(6-15)10(16)17/h7-9,15H,3-6H2,1-2H3,(H,16,17)(H2,12,13,18). The molecule has 1 rings (SSSR count). The molecule has 1 aliphatic rings. The van der Waals surface area contributed by atoms with Crippen LogP contribution in [0, 0.1) is 0 Å². The summed E-state index contributed by atoms with van der Waals surface area (Å²) in [5.41, 5.74) is 2.65. The van der Waals surface area contributed by atoms with Crippen LogP contribution in [0.1, 0.15) is 33.1 Å². The molecular weight excluding hydrogens is 238 g/mol. The lowest BCUT2D eigenvalue weighted by molar-refractivity contribution is -0.140. The molecule has 1 heterocycles. The smallest absolute Gasteiger partial charge is 0.330 e. The summed E-state index contributed by atoms with van der Waals surface area (Å²) in [6.45, 7) is 3.39. The lowest BCUT2D eigenvalue weighted by Crippen LogP contribution is -2.58. The minimum atomic E-state index is -1.28. The quantitative estimate of drug-likeness (QED) is 0.565. The van der Waals surface area contributed by atoms with Crippen molar-refractivity contribution in [3.05, 3.63) is 0 Å². The van der Waals surface area contributed by atoms with E-state index in [1.165, 1.54) is 0 Å². The predicted molar refractivity (Wildman–Crippen MR) is 64.8 cm³/mol. The zero-order valence-corrected chi connectivity index (χ0v) is 10.7. The highest BCUT2D eigenvalue weighted by molar-refractivity contribution is 5.82. The van der Waals surface area contributed by atoms with Gasteiger partial charge < -0.3 is 15.5 Å². The molecule has 4 N–H and O–H groups in total. The highest BCUT2D eigenvalue weighted by atomic mass is 16.4. The molecule has 0 aliphatic carbocycles. The van der Waals surface area contributed by atoms with Gasteiger partial charge in [-0.25, -0.2) is 14.6 Å². The van der Waals surface area contributed by atoms with Crippen molar-refractivity contribution in [3.63, 3.8) is 0 Å². The van der Waals surface area contributed by atoms with Crippen LogP contribution in [0.4, 0.5) is 4.79 Å². The van der Waals surface area contributed by atoms with Crippen molar-refractivity contribution in [1.29, 1.82) is 0 Å². The molecule has 0 radical (unpaired) electrons. The molecule has 7 heteroatoms. The van der Waals surface area contributed by atoms with E-state index in [0.717, 1.165) is 19.3 Å². The predicted octanol–water partition coefficient (Wildman–Crippen LogP) is -0.0910. The molecule has 0 aromatic heterocycles. The summed E-state index contributed by atoms with van der Waals surface area (Å²) in [6, 6.07) is -1.44. The highest BCUT2D eigenvalue weighted by Gasteiger charge is 2.27. The zero-order valence-electron chi connectivity index (χ0n) is 10.7. The average molecular weight is 259 g/mol. The monoisotopic (exact) mass is 259 g/mol. The number of aliphatic hydroxyl groups is 1. The number of aliphatic carboxylic acids is 1. The first kappa shape index (κ1) is 14.7. The number of aliphatic hydroxyl groups excluding tert-OH is 1. The second-order valence-corrected chi connectivity index (χ2v) is 4.69. The van der Waals surface area contributed by atoms with Crippen LogP contribution in [0.25, 0.3) is 0 Å². The van der Waals surface area contributed by atoms with E-state index < -0.39 is 24.6 Å². The van der Waals surface area contributed by atoms with Gasteiger partial charge in [-0.1, -0.05) is 6.42 Å². The molecule has 0 aromatic carbocycles. The summed E-state index contributed by atoms with van der Waals surface area (Å²) in [6.07, 6.45) is 3.11. The maximum Gasteiger partial charge on any atom is 0.330 e. The second kappa shape index (κ2) is 6.55. The molecule has 0 spiro atoms. The third kappa shape index (κ3) is 3.85. The highest BCUT2D eigenvalue weighted by Crippen LogP contribution is 2.19. The molecule has 18 heavy (non-hydrogen) atoms. The number of nitrogens with zero attached hydrogens (tertiary/aromatic N) is 1. The maximum atomic E-state index is 11.6. The molecule has 2 amide bonds. The van der Waals surface area contributed by atoms with Crippen molar-refractivity contribution in [3.8, 4) is 0 Å². The number of nitrogens with one attached hydrogen (secondary N) is 2. The number of carbonyl (C=O) groups excluding carboxylic acids is 1. The van der Waals surface area contributed by atoms with Gasteiger partial charge in [0.2, 0.25) is 0 Å². The van der Waals surface area contributed by atoms with Gasteiger partial charge in [0, 0.05) is 12.1 Å². The average Bonchev–Trinajstić information content (AvgIpc) is 2.30. The van der Waals surface area contributed by atoms with Crippen molar-refractivity contribution in [1.82, 2.24) is 15.8 Å². The number of carbonyl (C=O) groups is 2. The van der Waals surface area contributed by atoms with E-state index in [0.29, 0.717) is 0 Å². The number of hydrogen-bond donors (Lipinski definition) is 4. The Morgan fingerprint density at radius 1 is 1.33 bits per heavy atom. The number of rotatable bonds is 4. The van der Waals surface area contributed by atoms with Crippen LogP contribution < -0.4 is 10.7 Å². The van der Waals surface area contributed by atoms with Crippen molar-refractivity contribution in [2.45, 2.75) is 51.2 Å². The number of carboxylic acid groups (broad SMARTS) is 1. The Bertz CT molecular complexity index is 301. The topological polar surface area (TPSA) is 102 Å². The van der Waals surface area contributed by atoms with Crippen molar-refractivity contribution in [2.75, 3.05) is 6.61 Å². The molecule has 1 saturated heterocycles. The van der Waals surface area contributed by atoms with Crippen molar-refractivity contribution < 1.29 is 19.8 Å². The van der Waals surface area contributed by atoms with Gasteiger partial charge in [-0.2, -0.15) is 0 Å². The zero-order chi connectivity index (χ0) is 13.7. The van der Waals surface area contributed by atoms with E-state index in [-0.39, 0.29) is 12.1 Å². The van der Waals surface area contributed by atoms with E-state index in [4.69, 9.17) is 10.2 Å². The molecule has 104 valence electrons. The summed E-state index contributed by atoms with van der Waals surface area (Å²) in [5.74, 6) is -1.26. The summed E-state index contributed by atoms with van der Waals surface area (Å²) in [4.78, 5) is 22.3. The number of urea groups is 1. The van der Waals surface area contributed by atoms with Crippen LogP contribution in [0.5, 0.6) is 0 Å². The third-order valence-electron chi connectivity index (χ3n) is 3.21. The fraction of sp³-hybridized carbons (Fsp3) is 0.818. The Balaban J connectivity index is 2.50. The Labute approximate surface area is 106 Å². The molecular formula is C11H21N3O4. The number of hydrazine groups is 1. The van der Waals surface area contributed by atoms with E-state index in [1.807, 2.05) is 18.9 Å². The number of amides is 2. The molecule has 3 unspecified atom stereocenters. The largest absolute Gasteiger partial charge is 0.480 e. The second-order valence-electron chi connectivity index (χ2n) is 4.69. The number of hydrogen-bond acceptors (Lipinski definition) is 4. The van der Waals surface area contributed by atoms with Crippen LogP contribution in [-0.2, 0) is 4.79 Å². The first-order valence-corrected chi connectivity index (χ1v) is 6.14. The van der Waals surface area contributed by atoms with Gasteiger partial charge in [-0.05, 0) is 26.7 Å². The van der Waals surface area contributed by atoms with E-state index in [1.54, 1.807) is 0 Å². The normalized spacial score (nSPS) is 26.4. The molecule has 0 saturated carbocycles. The first-order valence-electron chi connectivity index (χ1n) is 6.14.